The first-order valence-corrected chi connectivity index (χ1v) is 9.70. The number of hydrogen-bond acceptors (Lipinski definition) is 6. The number of thioether (sulfide) groups is 1. The Kier molecular flexibility index (Phi) is 5.83. The molecule has 0 amide bonds. The Morgan fingerprint density at radius 2 is 1.84 bits per heavy atom. The first-order chi connectivity index (χ1) is 12.1. The first kappa shape index (κ1) is 17.6. The topological polar surface area (TPSA) is 54.9 Å². The third-order valence-electron chi connectivity index (χ3n) is 3.68. The number of rotatable bonds is 7. The molecule has 0 radical (unpaired) electrons. The fraction of sp³-hybridized carbons (Fsp3) is 0.211. The van der Waals surface area contributed by atoms with E-state index in [2.05, 4.69) is 27.6 Å². The van der Waals surface area contributed by atoms with Crippen LogP contribution in [0.15, 0.2) is 58.9 Å². The summed E-state index contributed by atoms with van der Waals surface area (Å²) in [5.41, 5.74) is 3.07. The third-order valence-corrected chi connectivity index (χ3v) is 5.74. The number of aryl methyl sites for hydroxylation is 1. The summed E-state index contributed by atoms with van der Waals surface area (Å²) in [4.78, 5) is 12.5. The van der Waals surface area contributed by atoms with Gasteiger partial charge in [-0.05, 0) is 19.4 Å². The molecule has 0 aliphatic heterocycles. The van der Waals surface area contributed by atoms with Crippen molar-refractivity contribution >= 4 is 34.0 Å². The number of hydrogen-bond donors (Lipinski definition) is 1. The van der Waals surface area contributed by atoms with Gasteiger partial charge in [0.15, 0.2) is 10.1 Å². The summed E-state index contributed by atoms with van der Waals surface area (Å²) in [6.45, 7) is 4.63. The van der Waals surface area contributed by atoms with Crippen molar-refractivity contribution in [1.82, 2.24) is 10.2 Å². The van der Waals surface area contributed by atoms with Gasteiger partial charge in [0.25, 0.3) is 0 Å². The summed E-state index contributed by atoms with van der Waals surface area (Å²) in [5.74, 6) is 0.110. The summed E-state index contributed by atoms with van der Waals surface area (Å²) in [7, 11) is 0. The van der Waals surface area contributed by atoms with E-state index in [1.807, 2.05) is 56.3 Å². The Morgan fingerprint density at radius 1 is 1.12 bits per heavy atom. The minimum atomic E-state index is -0.197. The molecule has 25 heavy (non-hydrogen) atoms. The van der Waals surface area contributed by atoms with Gasteiger partial charge in [-0.3, -0.25) is 4.79 Å². The van der Waals surface area contributed by atoms with Gasteiger partial charge >= 0.3 is 0 Å². The average molecular weight is 370 g/mol. The number of carbonyl (C=O) groups is 1. The lowest BCUT2D eigenvalue weighted by atomic mass is 10.1. The molecule has 0 aliphatic carbocycles. The quantitative estimate of drug-likeness (QED) is 0.478. The van der Waals surface area contributed by atoms with E-state index in [1.165, 1.54) is 28.7 Å². The smallest absolute Gasteiger partial charge is 0.206 e. The van der Waals surface area contributed by atoms with Crippen LogP contribution in [0.2, 0.25) is 0 Å². The zero-order valence-electron chi connectivity index (χ0n) is 14.1. The highest BCUT2D eigenvalue weighted by Gasteiger charge is 2.18. The van der Waals surface area contributed by atoms with Crippen LogP contribution in [-0.4, -0.2) is 21.2 Å². The van der Waals surface area contributed by atoms with Crippen molar-refractivity contribution in [1.29, 1.82) is 0 Å². The van der Waals surface area contributed by atoms with Crippen molar-refractivity contribution in [2.24, 2.45) is 0 Å². The van der Waals surface area contributed by atoms with Crippen LogP contribution in [0.3, 0.4) is 0 Å². The molecule has 6 heteroatoms. The summed E-state index contributed by atoms with van der Waals surface area (Å²) >= 11 is 2.92. The molecule has 1 heterocycles. The van der Waals surface area contributed by atoms with Gasteiger partial charge in [-0.25, -0.2) is 0 Å². The fourth-order valence-corrected chi connectivity index (χ4v) is 4.23. The molecule has 0 aliphatic rings. The van der Waals surface area contributed by atoms with Crippen LogP contribution in [0.1, 0.15) is 28.4 Å². The molecular weight excluding hydrogens is 350 g/mol. The number of aromatic nitrogens is 2. The minimum Gasteiger partial charge on any atom is -0.356 e. The highest BCUT2D eigenvalue weighted by Crippen LogP contribution is 2.30. The monoisotopic (exact) mass is 369 g/mol. The predicted octanol–water partition coefficient (Wildman–Crippen LogP) is 4.82. The molecule has 128 valence electrons. The van der Waals surface area contributed by atoms with Crippen LogP contribution in [-0.2, 0) is 6.54 Å². The van der Waals surface area contributed by atoms with Gasteiger partial charge < -0.3 is 5.32 Å². The van der Waals surface area contributed by atoms with E-state index in [0.717, 1.165) is 20.6 Å². The Bertz CT molecular complexity index is 831. The molecule has 0 saturated heterocycles. The maximum absolute atomic E-state index is 12.5. The number of ketones is 1. The molecule has 1 N–H and O–H groups in total. The van der Waals surface area contributed by atoms with E-state index in [4.69, 9.17) is 0 Å². The molecule has 0 fully saturated rings. The van der Waals surface area contributed by atoms with Crippen molar-refractivity contribution in [3.63, 3.8) is 0 Å². The van der Waals surface area contributed by atoms with Crippen molar-refractivity contribution in [3.05, 3.63) is 71.3 Å². The van der Waals surface area contributed by atoms with Crippen LogP contribution in [0.5, 0.6) is 0 Å². The van der Waals surface area contributed by atoms with E-state index in [1.54, 1.807) is 0 Å². The number of nitrogens with one attached hydrogen (secondary N) is 1. The molecule has 1 atom stereocenters. The van der Waals surface area contributed by atoms with Crippen molar-refractivity contribution in [3.8, 4) is 0 Å². The second-order valence-electron chi connectivity index (χ2n) is 5.70. The first-order valence-electron chi connectivity index (χ1n) is 8.00. The van der Waals surface area contributed by atoms with Crippen LogP contribution < -0.4 is 5.32 Å². The number of anilines is 1. The van der Waals surface area contributed by atoms with Crippen LogP contribution in [0.25, 0.3) is 0 Å². The summed E-state index contributed by atoms with van der Waals surface area (Å²) in [6.07, 6.45) is 0. The number of benzene rings is 2. The maximum atomic E-state index is 12.5. The van der Waals surface area contributed by atoms with E-state index in [9.17, 15) is 4.79 Å². The highest BCUT2D eigenvalue weighted by molar-refractivity contribution is 8.02. The average Bonchev–Trinajstić information content (AvgIpc) is 3.08. The normalized spacial score (nSPS) is 11.9. The van der Waals surface area contributed by atoms with Crippen LogP contribution >= 0.6 is 23.1 Å². The van der Waals surface area contributed by atoms with Gasteiger partial charge in [0.1, 0.15) is 0 Å². The van der Waals surface area contributed by atoms with Crippen LogP contribution in [0, 0.1) is 6.92 Å². The maximum Gasteiger partial charge on any atom is 0.206 e. The molecule has 3 aromatic rings. The summed E-state index contributed by atoms with van der Waals surface area (Å²) < 4.78 is 0.795. The van der Waals surface area contributed by atoms with Gasteiger partial charge in [-0.1, -0.05) is 83.3 Å². The molecule has 0 spiro atoms. The molecule has 1 aromatic heterocycles. The fourth-order valence-electron chi connectivity index (χ4n) is 2.26. The second-order valence-corrected chi connectivity index (χ2v) is 8.27. The lowest BCUT2D eigenvalue weighted by Gasteiger charge is -2.08. The second kappa shape index (κ2) is 8.27. The third kappa shape index (κ3) is 4.90. The van der Waals surface area contributed by atoms with Crippen molar-refractivity contribution in [2.45, 2.75) is 30.0 Å². The van der Waals surface area contributed by atoms with Gasteiger partial charge in [0.05, 0.1) is 5.25 Å². The molecule has 2 aromatic carbocycles. The van der Waals surface area contributed by atoms with E-state index in [-0.39, 0.29) is 11.0 Å². The van der Waals surface area contributed by atoms with Crippen molar-refractivity contribution in [2.75, 3.05) is 5.32 Å². The standard InChI is InChI=1S/C19H19N3OS2/c1-13-8-10-16(11-9-13)17(23)14(2)24-19-22-21-18(25-19)20-12-15-6-4-3-5-7-15/h3-11,14H,12H2,1-2H3,(H,20,21)/t14-/m1/s1. The molecular formula is C19H19N3OS2. The zero-order chi connectivity index (χ0) is 17.6. The number of nitrogens with zero attached hydrogens (tertiary/aromatic N) is 2. The summed E-state index contributed by atoms with van der Waals surface area (Å²) in [6, 6.07) is 17.8. The largest absolute Gasteiger partial charge is 0.356 e. The van der Waals surface area contributed by atoms with E-state index in [0.29, 0.717) is 6.54 Å². The SMILES string of the molecule is Cc1ccc(C(=O)[C@@H](C)Sc2nnc(NCc3ccccc3)s2)cc1. The molecule has 3 rings (SSSR count). The lowest BCUT2D eigenvalue weighted by molar-refractivity contribution is 0.0994. The molecule has 0 bridgehead atoms. The number of carbonyl (C=O) groups excluding carboxylic acids is 1. The van der Waals surface area contributed by atoms with Crippen LogP contribution in [0.4, 0.5) is 5.13 Å². The number of Topliss-reactive ketones (excluding diaryl/α,β-unsaturated/α-hetero) is 1. The van der Waals surface area contributed by atoms with Crippen molar-refractivity contribution < 1.29 is 4.79 Å². The predicted molar refractivity (Wildman–Crippen MR) is 105 cm³/mol. The summed E-state index contributed by atoms with van der Waals surface area (Å²) in [5, 5.41) is 12.2. The molecule has 0 unspecified atom stereocenters. The van der Waals surface area contributed by atoms with Gasteiger partial charge in [-0.15, -0.1) is 10.2 Å². The molecule has 0 saturated carbocycles. The Hall–Kier alpha value is -2.18. The highest BCUT2D eigenvalue weighted by atomic mass is 32.2. The van der Waals surface area contributed by atoms with Gasteiger partial charge in [-0.2, -0.15) is 0 Å². The zero-order valence-corrected chi connectivity index (χ0v) is 15.7. The van der Waals surface area contributed by atoms with E-state index >= 15 is 0 Å². The van der Waals surface area contributed by atoms with Gasteiger partial charge in [0.2, 0.25) is 5.13 Å². The lowest BCUT2D eigenvalue weighted by Crippen LogP contribution is -2.13. The van der Waals surface area contributed by atoms with Gasteiger partial charge in [0, 0.05) is 12.1 Å². The molecule has 4 nitrogen and oxygen atoms in total. The Balaban J connectivity index is 1.57. The minimum absolute atomic E-state index is 0.110. The Labute approximate surface area is 155 Å². The van der Waals surface area contributed by atoms with E-state index < -0.39 is 0 Å². The Morgan fingerprint density at radius 3 is 2.56 bits per heavy atom.